The third-order valence-electron chi connectivity index (χ3n) is 1.91. The van der Waals surface area contributed by atoms with Gasteiger partial charge in [-0.05, 0) is 49.2 Å². The van der Waals surface area contributed by atoms with E-state index in [1.54, 1.807) is 6.92 Å². The van der Waals surface area contributed by atoms with Gasteiger partial charge < -0.3 is 0 Å². The van der Waals surface area contributed by atoms with Gasteiger partial charge in [0, 0.05) is 0 Å². The zero-order valence-electron chi connectivity index (χ0n) is 10.6. The van der Waals surface area contributed by atoms with E-state index < -0.39 is 13.1 Å². The van der Waals surface area contributed by atoms with E-state index in [4.69, 9.17) is 16.4 Å². The standard InChI is InChI=1S/C8H22ClN4OP/c1-8(9)14-10-15(11(2)3,12(4)5)13(6)7/h8H,1-7H3. The fourth-order valence-corrected chi connectivity index (χ4v) is 4.37. The van der Waals surface area contributed by atoms with Crippen molar-refractivity contribution in [1.82, 2.24) is 14.0 Å². The number of halogens is 1. The maximum absolute atomic E-state index is 5.74. The highest BCUT2D eigenvalue weighted by molar-refractivity contribution is 7.58. The molecule has 0 aromatic carbocycles. The predicted molar refractivity (Wildman–Crippen MR) is 66.8 cm³/mol. The van der Waals surface area contributed by atoms with Gasteiger partial charge in [-0.3, -0.25) is 14.0 Å². The fraction of sp³-hybridized carbons (Fsp3) is 1.00. The van der Waals surface area contributed by atoms with Crippen LogP contribution in [-0.2, 0) is 4.84 Å². The molecule has 1 atom stereocenters. The summed E-state index contributed by atoms with van der Waals surface area (Å²) in [5, 5.41) is 0. The number of rotatable bonds is 5. The summed E-state index contributed by atoms with van der Waals surface area (Å²) >= 11 is 5.74. The van der Waals surface area contributed by atoms with Gasteiger partial charge in [-0.15, -0.1) is 4.91 Å². The van der Waals surface area contributed by atoms with E-state index in [0.717, 1.165) is 0 Å². The van der Waals surface area contributed by atoms with Crippen molar-refractivity contribution < 1.29 is 4.84 Å². The third-order valence-corrected chi connectivity index (χ3v) is 5.52. The van der Waals surface area contributed by atoms with E-state index in [1.165, 1.54) is 0 Å². The summed E-state index contributed by atoms with van der Waals surface area (Å²) in [5.74, 6) is 0. The topological polar surface area (TPSA) is 31.3 Å². The Bertz CT molecular complexity index is 214. The van der Waals surface area contributed by atoms with E-state index >= 15 is 0 Å². The average Bonchev–Trinajstić information content (AvgIpc) is 2.02. The second kappa shape index (κ2) is 6.18. The van der Waals surface area contributed by atoms with Crippen molar-refractivity contribution in [1.29, 1.82) is 0 Å². The van der Waals surface area contributed by atoms with E-state index in [2.05, 4.69) is 18.9 Å². The Balaban J connectivity index is 5.23. The third kappa shape index (κ3) is 3.70. The van der Waals surface area contributed by atoms with Crippen molar-refractivity contribution in [2.24, 2.45) is 4.91 Å². The lowest BCUT2D eigenvalue weighted by Crippen LogP contribution is -2.31. The zero-order valence-corrected chi connectivity index (χ0v) is 12.2. The van der Waals surface area contributed by atoms with Gasteiger partial charge in [0.05, 0.1) is 0 Å². The molecule has 0 amide bonds. The maximum Gasteiger partial charge on any atom is 0.197 e. The molecule has 0 aromatic rings. The van der Waals surface area contributed by atoms with E-state index in [9.17, 15) is 0 Å². The van der Waals surface area contributed by atoms with Crippen LogP contribution >= 0.6 is 19.1 Å². The molecule has 7 heteroatoms. The number of hydrogen-bond acceptors (Lipinski definition) is 2. The number of hydrogen-bond donors (Lipinski definition) is 0. The second-order valence-corrected chi connectivity index (χ2v) is 8.06. The lowest BCUT2D eigenvalue weighted by molar-refractivity contribution is 0.126. The molecular formula is C8H22ClN4OP. The minimum Gasteiger partial charge on any atom is -0.250 e. The van der Waals surface area contributed by atoms with Gasteiger partial charge in [-0.1, -0.05) is 11.6 Å². The SMILES string of the molecule is CC(Cl)ON=P(N(C)C)(N(C)C)N(C)C. The molecule has 0 saturated carbocycles. The molecule has 0 aliphatic carbocycles. The fourth-order valence-electron chi connectivity index (χ4n) is 1.42. The van der Waals surface area contributed by atoms with Crippen LogP contribution in [0.3, 0.4) is 0 Å². The van der Waals surface area contributed by atoms with Crippen molar-refractivity contribution in [2.45, 2.75) is 12.5 Å². The van der Waals surface area contributed by atoms with Gasteiger partial charge in [0.1, 0.15) is 0 Å². The Kier molecular flexibility index (Phi) is 6.33. The Morgan fingerprint density at radius 3 is 1.53 bits per heavy atom. The predicted octanol–water partition coefficient (Wildman–Crippen LogP) is 2.13. The molecule has 1 unspecified atom stereocenters. The molecule has 0 heterocycles. The van der Waals surface area contributed by atoms with Gasteiger partial charge in [0.2, 0.25) is 0 Å². The first kappa shape index (κ1) is 15.4. The van der Waals surface area contributed by atoms with Crippen molar-refractivity contribution in [3.63, 3.8) is 0 Å². The molecule has 15 heavy (non-hydrogen) atoms. The number of alkyl halides is 1. The van der Waals surface area contributed by atoms with Crippen LogP contribution in [0, 0.1) is 0 Å². The van der Waals surface area contributed by atoms with Gasteiger partial charge in [-0.25, -0.2) is 4.84 Å². The second-order valence-electron chi connectivity index (χ2n) is 3.81. The summed E-state index contributed by atoms with van der Waals surface area (Å²) in [6.07, 6.45) is 0. The molecule has 0 aromatic heterocycles. The van der Waals surface area contributed by atoms with E-state index in [1.807, 2.05) is 42.3 Å². The van der Waals surface area contributed by atoms with Crippen molar-refractivity contribution in [3.05, 3.63) is 0 Å². The molecule has 5 nitrogen and oxygen atoms in total. The highest BCUT2D eigenvalue weighted by Crippen LogP contribution is 2.54. The zero-order chi connectivity index (χ0) is 12.2. The lowest BCUT2D eigenvalue weighted by Gasteiger charge is -2.39. The molecular weight excluding hydrogens is 235 g/mol. The van der Waals surface area contributed by atoms with Gasteiger partial charge >= 0.3 is 0 Å². The molecule has 92 valence electrons. The van der Waals surface area contributed by atoms with Crippen LogP contribution in [0.4, 0.5) is 0 Å². The molecule has 0 N–H and O–H groups in total. The molecule has 0 aliphatic heterocycles. The average molecular weight is 257 g/mol. The monoisotopic (exact) mass is 256 g/mol. The largest absolute Gasteiger partial charge is 0.250 e. The van der Waals surface area contributed by atoms with Crippen molar-refractivity contribution >= 4 is 19.1 Å². The molecule has 0 aliphatic rings. The Labute approximate surface area is 98.1 Å². The summed E-state index contributed by atoms with van der Waals surface area (Å²) in [7, 11) is 9.97. The Morgan fingerprint density at radius 1 is 1.00 bits per heavy atom. The van der Waals surface area contributed by atoms with Gasteiger partial charge in [0.25, 0.3) is 0 Å². The summed E-state index contributed by atoms with van der Waals surface area (Å²) < 4.78 is 6.19. The molecule has 0 spiro atoms. The number of nitrogens with zero attached hydrogens (tertiary/aromatic N) is 4. The summed E-state index contributed by atoms with van der Waals surface area (Å²) in [6, 6.07) is 0. The Morgan fingerprint density at radius 2 is 1.33 bits per heavy atom. The summed E-state index contributed by atoms with van der Waals surface area (Å²) in [6.45, 7) is 1.75. The van der Waals surface area contributed by atoms with Crippen LogP contribution in [0.25, 0.3) is 0 Å². The molecule has 0 saturated heterocycles. The van der Waals surface area contributed by atoms with Crippen LogP contribution in [-0.4, -0.2) is 61.9 Å². The van der Waals surface area contributed by atoms with E-state index in [-0.39, 0.29) is 0 Å². The normalized spacial score (nSPS) is 15.1. The highest BCUT2D eigenvalue weighted by Gasteiger charge is 2.29. The van der Waals surface area contributed by atoms with E-state index in [0.29, 0.717) is 0 Å². The molecule has 0 rings (SSSR count). The van der Waals surface area contributed by atoms with Crippen LogP contribution in [0.1, 0.15) is 6.92 Å². The van der Waals surface area contributed by atoms with Crippen LogP contribution < -0.4 is 0 Å². The molecule has 0 radical (unpaired) electrons. The van der Waals surface area contributed by atoms with Crippen molar-refractivity contribution in [3.8, 4) is 0 Å². The first-order valence-electron chi connectivity index (χ1n) is 4.70. The molecule has 0 fully saturated rings. The van der Waals surface area contributed by atoms with Gasteiger partial charge in [-0.2, -0.15) is 0 Å². The Hall–Kier alpha value is 0.360. The minimum absolute atomic E-state index is 0.413. The summed E-state index contributed by atoms with van der Waals surface area (Å²) in [4.78, 5) is 9.52. The van der Waals surface area contributed by atoms with Crippen molar-refractivity contribution in [2.75, 3.05) is 42.3 Å². The quantitative estimate of drug-likeness (QED) is 0.428. The summed E-state index contributed by atoms with van der Waals surface area (Å²) in [5.41, 5.74) is -0.413. The van der Waals surface area contributed by atoms with Crippen LogP contribution in [0.15, 0.2) is 4.91 Å². The highest BCUT2D eigenvalue weighted by atomic mass is 35.5. The minimum atomic E-state index is -1.95. The van der Waals surface area contributed by atoms with Crippen LogP contribution in [0.2, 0.25) is 0 Å². The first-order chi connectivity index (χ1) is 6.75. The van der Waals surface area contributed by atoms with Crippen LogP contribution in [0.5, 0.6) is 0 Å². The van der Waals surface area contributed by atoms with Gasteiger partial charge in [0.15, 0.2) is 13.1 Å². The lowest BCUT2D eigenvalue weighted by atomic mass is 10.9. The first-order valence-corrected chi connectivity index (χ1v) is 6.73. The smallest absolute Gasteiger partial charge is 0.197 e. The molecule has 0 bridgehead atoms. The maximum atomic E-state index is 5.74.